The van der Waals surface area contributed by atoms with Crippen molar-refractivity contribution in [3.63, 3.8) is 0 Å². The Labute approximate surface area is 187 Å². The molecule has 4 rings (SSSR count). The highest BCUT2D eigenvalue weighted by Gasteiger charge is 2.13. The number of non-ortho nitro benzene ring substituents is 1. The van der Waals surface area contributed by atoms with Crippen LogP contribution in [0.2, 0.25) is 0 Å². The van der Waals surface area contributed by atoms with Crippen molar-refractivity contribution in [2.45, 2.75) is 6.61 Å². The number of aromatic amines is 1. The number of hydrogen-bond donors (Lipinski definition) is 1. The summed E-state index contributed by atoms with van der Waals surface area (Å²) in [4.78, 5) is 30.0. The maximum absolute atomic E-state index is 12.3. The highest BCUT2D eigenvalue weighted by atomic mass is 79.9. The molecule has 0 atom stereocenters. The van der Waals surface area contributed by atoms with Crippen LogP contribution in [-0.2, 0) is 6.61 Å². The Morgan fingerprint density at radius 2 is 1.70 bits per heavy atom. The fourth-order valence-corrected chi connectivity index (χ4v) is 4.34. The van der Waals surface area contributed by atoms with Crippen molar-refractivity contribution < 1.29 is 9.66 Å². The Hall–Kier alpha value is -3.04. The van der Waals surface area contributed by atoms with Gasteiger partial charge in [0.05, 0.1) is 24.8 Å². The molecular formula is C21H13Br2N3O4. The highest BCUT2D eigenvalue weighted by Crippen LogP contribution is 2.37. The second kappa shape index (κ2) is 8.37. The fraction of sp³-hybridized carbons (Fsp3) is 0.0476. The summed E-state index contributed by atoms with van der Waals surface area (Å²) >= 11 is 7.01. The van der Waals surface area contributed by atoms with E-state index in [9.17, 15) is 14.9 Å². The molecule has 7 nitrogen and oxygen atoms in total. The Bertz CT molecular complexity index is 1300. The molecule has 150 valence electrons. The minimum atomic E-state index is -0.443. The van der Waals surface area contributed by atoms with Gasteiger partial charge in [-0.25, -0.2) is 4.98 Å². The van der Waals surface area contributed by atoms with Crippen LogP contribution in [0.3, 0.4) is 0 Å². The van der Waals surface area contributed by atoms with Gasteiger partial charge in [-0.2, -0.15) is 0 Å². The lowest BCUT2D eigenvalue weighted by Gasteiger charge is -2.12. The van der Waals surface area contributed by atoms with Gasteiger partial charge in [0.1, 0.15) is 18.2 Å². The van der Waals surface area contributed by atoms with Crippen molar-refractivity contribution in [2.24, 2.45) is 0 Å². The van der Waals surface area contributed by atoms with Crippen LogP contribution in [0.4, 0.5) is 5.69 Å². The van der Waals surface area contributed by atoms with Crippen molar-refractivity contribution in [1.29, 1.82) is 0 Å². The zero-order valence-corrected chi connectivity index (χ0v) is 18.4. The normalized spacial score (nSPS) is 10.9. The van der Waals surface area contributed by atoms with Gasteiger partial charge in [0.15, 0.2) is 0 Å². The first-order chi connectivity index (χ1) is 14.4. The summed E-state index contributed by atoms with van der Waals surface area (Å²) in [5.74, 6) is 1.02. The molecular weight excluding hydrogens is 518 g/mol. The Balaban J connectivity index is 1.61. The van der Waals surface area contributed by atoms with Gasteiger partial charge in [-0.05, 0) is 73.8 Å². The number of nitrogens with one attached hydrogen (secondary N) is 1. The van der Waals surface area contributed by atoms with Gasteiger partial charge in [0, 0.05) is 17.7 Å². The molecule has 1 N–H and O–H groups in total. The lowest BCUT2D eigenvalue weighted by Crippen LogP contribution is -2.09. The zero-order chi connectivity index (χ0) is 21.3. The van der Waals surface area contributed by atoms with E-state index in [1.165, 1.54) is 12.1 Å². The zero-order valence-electron chi connectivity index (χ0n) is 15.3. The number of rotatable bonds is 5. The number of hydrogen-bond acceptors (Lipinski definition) is 5. The van der Waals surface area contributed by atoms with E-state index in [0.29, 0.717) is 37.0 Å². The van der Waals surface area contributed by atoms with E-state index in [0.717, 1.165) is 5.56 Å². The molecule has 0 bridgehead atoms. The monoisotopic (exact) mass is 529 g/mol. The maximum Gasteiger partial charge on any atom is 0.269 e. The average molecular weight is 531 g/mol. The third-order valence-electron chi connectivity index (χ3n) is 4.41. The first kappa shape index (κ1) is 20.2. The van der Waals surface area contributed by atoms with Gasteiger partial charge >= 0.3 is 0 Å². The lowest BCUT2D eigenvalue weighted by atomic mass is 10.2. The van der Waals surface area contributed by atoms with E-state index in [2.05, 4.69) is 41.8 Å². The molecule has 0 amide bonds. The standard InChI is InChI=1S/C21H13Br2N3O4/c22-16-9-13(20-24-18-4-2-1-3-15(18)21(27)25-20)10-17(23)19(16)30-11-12-5-7-14(8-6-12)26(28)29/h1-10H,11H2,(H,24,25,27). The Morgan fingerprint density at radius 3 is 2.37 bits per heavy atom. The summed E-state index contributed by atoms with van der Waals surface area (Å²) in [6, 6.07) is 16.9. The Kier molecular flexibility index (Phi) is 5.65. The SMILES string of the molecule is O=c1[nH]c(-c2cc(Br)c(OCc3ccc([N+](=O)[O-])cc3)c(Br)c2)nc2ccccc12. The van der Waals surface area contributed by atoms with Gasteiger partial charge in [-0.3, -0.25) is 14.9 Å². The molecule has 0 aliphatic rings. The molecule has 0 unspecified atom stereocenters. The first-order valence-electron chi connectivity index (χ1n) is 8.77. The van der Waals surface area contributed by atoms with Crippen molar-refractivity contribution >= 4 is 48.5 Å². The van der Waals surface area contributed by atoms with Crippen LogP contribution in [0, 0.1) is 10.1 Å². The predicted octanol–water partition coefficient (Wildman–Crippen LogP) is 5.60. The smallest absolute Gasteiger partial charge is 0.269 e. The van der Waals surface area contributed by atoms with Crippen molar-refractivity contribution in [2.75, 3.05) is 0 Å². The number of nitrogens with zero attached hydrogens (tertiary/aromatic N) is 2. The molecule has 1 heterocycles. The van der Waals surface area contributed by atoms with Crippen molar-refractivity contribution in [3.8, 4) is 17.1 Å². The van der Waals surface area contributed by atoms with Gasteiger partial charge in [0.25, 0.3) is 11.2 Å². The van der Waals surface area contributed by atoms with E-state index in [1.54, 1.807) is 30.3 Å². The summed E-state index contributed by atoms with van der Waals surface area (Å²) in [5, 5.41) is 11.3. The molecule has 1 aromatic heterocycles. The van der Waals surface area contributed by atoms with Crippen molar-refractivity contribution in [3.05, 3.63) is 95.6 Å². The maximum atomic E-state index is 12.3. The van der Waals surface area contributed by atoms with Crippen LogP contribution in [-0.4, -0.2) is 14.9 Å². The number of fused-ring (bicyclic) bond motifs is 1. The third-order valence-corrected chi connectivity index (χ3v) is 5.59. The minimum absolute atomic E-state index is 0.0299. The summed E-state index contributed by atoms with van der Waals surface area (Å²) in [5.41, 5.74) is 1.94. The van der Waals surface area contributed by atoms with Crippen LogP contribution >= 0.6 is 31.9 Å². The largest absolute Gasteiger partial charge is 0.487 e. The lowest BCUT2D eigenvalue weighted by molar-refractivity contribution is -0.384. The first-order valence-corrected chi connectivity index (χ1v) is 10.4. The van der Waals surface area contributed by atoms with E-state index in [1.807, 2.05) is 18.2 Å². The molecule has 9 heteroatoms. The Morgan fingerprint density at radius 1 is 1.03 bits per heavy atom. The molecule has 0 radical (unpaired) electrons. The van der Waals surface area contributed by atoms with Crippen molar-refractivity contribution in [1.82, 2.24) is 9.97 Å². The number of halogens is 2. The molecule has 4 aromatic rings. The van der Waals surface area contributed by atoms with Gasteiger partial charge in [0.2, 0.25) is 0 Å². The minimum Gasteiger partial charge on any atom is -0.487 e. The number of nitro benzene ring substituents is 1. The fourth-order valence-electron chi connectivity index (χ4n) is 2.93. The number of aromatic nitrogens is 2. The van der Waals surface area contributed by atoms with E-state index >= 15 is 0 Å². The van der Waals surface area contributed by atoms with Crippen LogP contribution in [0.1, 0.15) is 5.56 Å². The summed E-state index contributed by atoms with van der Waals surface area (Å²) in [6.07, 6.45) is 0. The van der Waals surface area contributed by atoms with Crippen LogP contribution in [0.15, 0.2) is 74.4 Å². The summed E-state index contributed by atoms with van der Waals surface area (Å²) in [6.45, 7) is 0.236. The topological polar surface area (TPSA) is 98.1 Å². The summed E-state index contributed by atoms with van der Waals surface area (Å²) in [7, 11) is 0. The number of nitro groups is 1. The number of benzene rings is 3. The molecule has 0 spiro atoms. The van der Waals surface area contributed by atoms with E-state index in [-0.39, 0.29) is 17.9 Å². The molecule has 0 saturated heterocycles. The van der Waals surface area contributed by atoms with Gasteiger partial charge < -0.3 is 9.72 Å². The molecule has 3 aromatic carbocycles. The number of para-hydroxylation sites is 1. The van der Waals surface area contributed by atoms with E-state index < -0.39 is 4.92 Å². The molecule has 0 aliphatic carbocycles. The van der Waals surface area contributed by atoms with Crippen LogP contribution < -0.4 is 10.3 Å². The highest BCUT2D eigenvalue weighted by molar-refractivity contribution is 9.11. The quantitative estimate of drug-likeness (QED) is 0.267. The molecule has 0 fully saturated rings. The molecule has 0 saturated carbocycles. The third kappa shape index (κ3) is 4.12. The molecule has 30 heavy (non-hydrogen) atoms. The molecule has 0 aliphatic heterocycles. The number of H-pyrrole nitrogens is 1. The van der Waals surface area contributed by atoms with E-state index in [4.69, 9.17) is 4.74 Å². The van der Waals surface area contributed by atoms with Gasteiger partial charge in [-0.15, -0.1) is 0 Å². The average Bonchev–Trinajstić information content (AvgIpc) is 2.73. The second-order valence-electron chi connectivity index (χ2n) is 6.41. The predicted molar refractivity (Wildman–Crippen MR) is 121 cm³/mol. The summed E-state index contributed by atoms with van der Waals surface area (Å²) < 4.78 is 7.22. The number of ether oxygens (including phenoxy) is 1. The second-order valence-corrected chi connectivity index (χ2v) is 8.12. The van der Waals surface area contributed by atoms with Crippen LogP contribution in [0.5, 0.6) is 5.75 Å². The van der Waals surface area contributed by atoms with Gasteiger partial charge in [-0.1, -0.05) is 12.1 Å². The van der Waals surface area contributed by atoms with Crippen LogP contribution in [0.25, 0.3) is 22.3 Å².